The van der Waals surface area contributed by atoms with Crippen molar-refractivity contribution in [2.45, 2.75) is 32.3 Å². The summed E-state index contributed by atoms with van der Waals surface area (Å²) in [5.41, 5.74) is 1.25. The molecule has 2 amide bonds. The van der Waals surface area contributed by atoms with Gasteiger partial charge in [-0.1, -0.05) is 25.1 Å². The molecule has 1 fully saturated rings. The Labute approximate surface area is 132 Å². The lowest BCUT2D eigenvalue weighted by atomic mass is 10.1. The summed E-state index contributed by atoms with van der Waals surface area (Å²) in [5.74, 6) is 0.493. The van der Waals surface area contributed by atoms with Crippen LogP contribution in [0.3, 0.4) is 0 Å². The first-order chi connectivity index (χ1) is 10.7. The van der Waals surface area contributed by atoms with E-state index < -0.39 is 0 Å². The summed E-state index contributed by atoms with van der Waals surface area (Å²) in [4.78, 5) is 14.1. The van der Waals surface area contributed by atoms with Crippen LogP contribution >= 0.6 is 0 Å². The highest BCUT2D eigenvalue weighted by Crippen LogP contribution is 2.22. The second-order valence-corrected chi connectivity index (χ2v) is 5.92. The van der Waals surface area contributed by atoms with Gasteiger partial charge in [-0.15, -0.1) is 0 Å². The number of amides is 2. The van der Waals surface area contributed by atoms with Gasteiger partial charge in [0.2, 0.25) is 0 Å². The van der Waals surface area contributed by atoms with Crippen molar-refractivity contribution in [1.29, 1.82) is 0 Å². The average molecular weight is 305 g/mol. The number of nitrogens with one attached hydrogen (secondary N) is 2. The SMILES string of the molecule is CCC(O)CCNC(=O)NCC1CCN(c2ccccc2)C1. The van der Waals surface area contributed by atoms with Crippen molar-refractivity contribution in [3.63, 3.8) is 0 Å². The number of carbonyl (C=O) groups excluding carboxylic acids is 1. The zero-order valence-electron chi connectivity index (χ0n) is 13.3. The summed E-state index contributed by atoms with van der Waals surface area (Å²) < 4.78 is 0. The van der Waals surface area contributed by atoms with E-state index in [1.165, 1.54) is 5.69 Å². The predicted molar refractivity (Wildman–Crippen MR) is 89.1 cm³/mol. The molecule has 2 atom stereocenters. The number of aliphatic hydroxyl groups is 1. The summed E-state index contributed by atoms with van der Waals surface area (Å²) >= 11 is 0. The zero-order valence-corrected chi connectivity index (χ0v) is 13.3. The Kier molecular flexibility index (Phi) is 6.52. The Bertz CT molecular complexity index is 452. The fourth-order valence-corrected chi connectivity index (χ4v) is 2.73. The molecule has 1 saturated heterocycles. The first kappa shape index (κ1) is 16.6. The van der Waals surface area contributed by atoms with Crippen LogP contribution in [0.4, 0.5) is 10.5 Å². The van der Waals surface area contributed by atoms with Gasteiger partial charge in [0.25, 0.3) is 0 Å². The van der Waals surface area contributed by atoms with Crippen molar-refractivity contribution >= 4 is 11.7 Å². The van der Waals surface area contributed by atoms with Crippen molar-refractivity contribution in [2.24, 2.45) is 5.92 Å². The van der Waals surface area contributed by atoms with Crippen molar-refractivity contribution in [3.8, 4) is 0 Å². The Morgan fingerprint density at radius 1 is 1.36 bits per heavy atom. The Morgan fingerprint density at radius 2 is 2.14 bits per heavy atom. The summed E-state index contributed by atoms with van der Waals surface area (Å²) in [5, 5.41) is 15.2. The first-order valence-electron chi connectivity index (χ1n) is 8.18. The van der Waals surface area contributed by atoms with E-state index in [0.29, 0.717) is 25.4 Å². The quantitative estimate of drug-likeness (QED) is 0.721. The summed E-state index contributed by atoms with van der Waals surface area (Å²) in [6.07, 6.45) is 2.11. The molecule has 0 aromatic heterocycles. The van der Waals surface area contributed by atoms with Crippen LogP contribution in [0.1, 0.15) is 26.2 Å². The summed E-state index contributed by atoms with van der Waals surface area (Å²) in [6.45, 7) is 5.18. The minimum absolute atomic E-state index is 0.138. The zero-order chi connectivity index (χ0) is 15.8. The number of carbonyl (C=O) groups is 1. The molecule has 1 aliphatic heterocycles. The molecule has 0 bridgehead atoms. The number of aliphatic hydroxyl groups excluding tert-OH is 1. The van der Waals surface area contributed by atoms with Gasteiger partial charge >= 0.3 is 6.03 Å². The number of para-hydroxylation sites is 1. The van der Waals surface area contributed by atoms with Crippen LogP contribution < -0.4 is 15.5 Å². The lowest BCUT2D eigenvalue weighted by molar-refractivity contribution is 0.160. The largest absolute Gasteiger partial charge is 0.393 e. The lowest BCUT2D eigenvalue weighted by Crippen LogP contribution is -2.39. The Morgan fingerprint density at radius 3 is 2.86 bits per heavy atom. The highest BCUT2D eigenvalue weighted by molar-refractivity contribution is 5.73. The molecule has 3 N–H and O–H groups in total. The highest BCUT2D eigenvalue weighted by atomic mass is 16.3. The second kappa shape index (κ2) is 8.63. The van der Waals surface area contributed by atoms with Gasteiger partial charge in [-0.3, -0.25) is 0 Å². The van der Waals surface area contributed by atoms with E-state index in [9.17, 15) is 9.90 Å². The topological polar surface area (TPSA) is 64.6 Å². The highest BCUT2D eigenvalue weighted by Gasteiger charge is 2.22. The van der Waals surface area contributed by atoms with Crippen molar-refractivity contribution < 1.29 is 9.90 Å². The van der Waals surface area contributed by atoms with E-state index in [2.05, 4.69) is 39.8 Å². The number of hydrogen-bond donors (Lipinski definition) is 3. The maximum absolute atomic E-state index is 11.7. The van der Waals surface area contributed by atoms with Crippen molar-refractivity contribution in [1.82, 2.24) is 10.6 Å². The van der Waals surface area contributed by atoms with Gasteiger partial charge in [0.15, 0.2) is 0 Å². The molecule has 0 spiro atoms. The second-order valence-electron chi connectivity index (χ2n) is 5.92. The van der Waals surface area contributed by atoms with E-state index in [1.807, 2.05) is 13.0 Å². The van der Waals surface area contributed by atoms with Gasteiger partial charge in [-0.2, -0.15) is 0 Å². The number of urea groups is 1. The van der Waals surface area contributed by atoms with Crippen LogP contribution in [0.25, 0.3) is 0 Å². The van der Waals surface area contributed by atoms with E-state index in [-0.39, 0.29) is 12.1 Å². The van der Waals surface area contributed by atoms with Crippen LogP contribution in [0, 0.1) is 5.92 Å². The molecule has 1 aromatic rings. The van der Waals surface area contributed by atoms with Gasteiger partial charge in [0.05, 0.1) is 6.10 Å². The smallest absolute Gasteiger partial charge is 0.314 e. The molecule has 0 aliphatic carbocycles. The fraction of sp³-hybridized carbons (Fsp3) is 0.588. The molecule has 5 heteroatoms. The molecule has 2 unspecified atom stereocenters. The third kappa shape index (κ3) is 5.22. The van der Waals surface area contributed by atoms with Gasteiger partial charge in [-0.05, 0) is 37.3 Å². The van der Waals surface area contributed by atoms with Crippen LogP contribution in [0.5, 0.6) is 0 Å². The summed E-state index contributed by atoms with van der Waals surface area (Å²) in [6, 6.07) is 10.3. The molecular formula is C17H27N3O2. The number of anilines is 1. The van der Waals surface area contributed by atoms with E-state index in [1.54, 1.807) is 0 Å². The molecule has 1 aromatic carbocycles. The van der Waals surface area contributed by atoms with E-state index >= 15 is 0 Å². The lowest BCUT2D eigenvalue weighted by Gasteiger charge is -2.18. The fourth-order valence-electron chi connectivity index (χ4n) is 2.73. The molecule has 22 heavy (non-hydrogen) atoms. The Balaban J connectivity index is 1.63. The molecule has 2 rings (SSSR count). The van der Waals surface area contributed by atoms with Crippen LogP contribution in [-0.4, -0.2) is 43.4 Å². The van der Waals surface area contributed by atoms with Gasteiger partial charge in [0.1, 0.15) is 0 Å². The van der Waals surface area contributed by atoms with Crippen LogP contribution in [-0.2, 0) is 0 Å². The van der Waals surface area contributed by atoms with Gasteiger partial charge in [-0.25, -0.2) is 4.79 Å². The average Bonchev–Trinajstić information content (AvgIpc) is 3.02. The van der Waals surface area contributed by atoms with Gasteiger partial charge < -0.3 is 20.6 Å². The number of nitrogens with zero attached hydrogens (tertiary/aromatic N) is 1. The maximum atomic E-state index is 11.7. The number of hydrogen-bond acceptors (Lipinski definition) is 3. The molecule has 1 aliphatic rings. The van der Waals surface area contributed by atoms with E-state index in [4.69, 9.17) is 0 Å². The molecular weight excluding hydrogens is 278 g/mol. The number of rotatable bonds is 7. The van der Waals surface area contributed by atoms with E-state index in [0.717, 1.165) is 25.9 Å². The van der Waals surface area contributed by atoms with Gasteiger partial charge in [0, 0.05) is 31.9 Å². The molecule has 122 valence electrons. The van der Waals surface area contributed by atoms with Crippen LogP contribution in [0.2, 0.25) is 0 Å². The maximum Gasteiger partial charge on any atom is 0.314 e. The standard InChI is InChI=1S/C17H27N3O2/c1-2-16(21)8-10-18-17(22)19-12-14-9-11-20(13-14)15-6-4-3-5-7-15/h3-7,14,16,21H,2,8-13H2,1H3,(H2,18,19,22). The van der Waals surface area contributed by atoms with Crippen molar-refractivity contribution in [2.75, 3.05) is 31.1 Å². The van der Waals surface area contributed by atoms with Crippen LogP contribution in [0.15, 0.2) is 30.3 Å². The number of benzene rings is 1. The normalized spacial score (nSPS) is 19.0. The third-order valence-electron chi connectivity index (χ3n) is 4.19. The molecule has 0 radical (unpaired) electrons. The molecule has 5 nitrogen and oxygen atoms in total. The molecule has 0 saturated carbocycles. The third-order valence-corrected chi connectivity index (χ3v) is 4.19. The monoisotopic (exact) mass is 305 g/mol. The minimum Gasteiger partial charge on any atom is -0.393 e. The first-order valence-corrected chi connectivity index (χ1v) is 8.18. The predicted octanol–water partition coefficient (Wildman–Crippen LogP) is 1.97. The van der Waals surface area contributed by atoms with Crippen molar-refractivity contribution in [3.05, 3.63) is 30.3 Å². The minimum atomic E-state index is -0.324. The molecule has 1 heterocycles. The summed E-state index contributed by atoms with van der Waals surface area (Å²) in [7, 11) is 0. The Hall–Kier alpha value is -1.75.